The lowest BCUT2D eigenvalue weighted by Crippen LogP contribution is -3.00. The van der Waals surface area contributed by atoms with Gasteiger partial charge in [-0.3, -0.25) is 0 Å². The molecule has 0 unspecified atom stereocenters. The minimum atomic E-state index is 0. The number of hydrogen-bond acceptors (Lipinski definition) is 1. The van der Waals surface area contributed by atoms with Gasteiger partial charge in [0.15, 0.2) is 12.4 Å². The van der Waals surface area contributed by atoms with Gasteiger partial charge in [-0.1, -0.05) is 69.1 Å². The fraction of sp³-hybridized carbons (Fsp3) is 0.542. The molecule has 0 amide bonds. The summed E-state index contributed by atoms with van der Waals surface area (Å²) >= 11 is 0. The van der Waals surface area contributed by atoms with Gasteiger partial charge in [0.05, 0.1) is 0 Å². The summed E-state index contributed by atoms with van der Waals surface area (Å²) < 4.78 is 2.14. The van der Waals surface area contributed by atoms with Crippen molar-refractivity contribution < 1.29 is 28.5 Å². The minimum Gasteiger partial charge on any atom is -1.00 e. The number of aromatic nitrogens is 1. The molecule has 1 heterocycles. The number of nitrogens with zero attached hydrogens (tertiary/aromatic N) is 2. The van der Waals surface area contributed by atoms with Crippen molar-refractivity contribution in [1.29, 1.82) is 0 Å². The van der Waals surface area contributed by atoms with Gasteiger partial charge in [-0.15, -0.1) is 0 Å². The largest absolute Gasteiger partial charge is 1.00 e. The van der Waals surface area contributed by atoms with Crippen LogP contribution in [0.5, 0.6) is 0 Å². The molecule has 27 heavy (non-hydrogen) atoms. The standard InChI is InChI=1S/C24H35N2.HI/c1-21-14-16-23(17-15-21)26(24-13-9-18-25(2)20-24)19-8-4-7-12-22-10-5-3-6-11-22;/h9,13-18,20,22H,3-8,10-12,19H2,1-2H3;1H/q+1;/p-1. The van der Waals surface area contributed by atoms with E-state index in [9.17, 15) is 0 Å². The van der Waals surface area contributed by atoms with Gasteiger partial charge in [-0.25, -0.2) is 4.57 Å². The predicted octanol–water partition coefficient (Wildman–Crippen LogP) is 3.10. The lowest BCUT2D eigenvalue weighted by molar-refractivity contribution is -0.670. The van der Waals surface area contributed by atoms with Crippen molar-refractivity contribution in [2.45, 2.75) is 64.7 Å². The van der Waals surface area contributed by atoms with Crippen LogP contribution in [-0.4, -0.2) is 6.54 Å². The van der Waals surface area contributed by atoms with Crippen LogP contribution < -0.4 is 33.4 Å². The van der Waals surface area contributed by atoms with E-state index in [4.69, 9.17) is 0 Å². The molecule has 1 aromatic carbocycles. The Kier molecular flexibility index (Phi) is 9.60. The Labute approximate surface area is 183 Å². The third-order valence-corrected chi connectivity index (χ3v) is 5.80. The molecule has 2 aromatic rings. The smallest absolute Gasteiger partial charge is 0.192 e. The van der Waals surface area contributed by atoms with E-state index in [1.54, 1.807) is 0 Å². The normalized spacial score (nSPS) is 14.6. The quantitative estimate of drug-likeness (QED) is 0.322. The Balaban J connectivity index is 0.00000261. The van der Waals surface area contributed by atoms with Gasteiger partial charge in [-0.05, 0) is 37.5 Å². The summed E-state index contributed by atoms with van der Waals surface area (Å²) in [7, 11) is 2.10. The average molecular weight is 478 g/mol. The van der Waals surface area contributed by atoms with Crippen molar-refractivity contribution in [3.63, 3.8) is 0 Å². The van der Waals surface area contributed by atoms with E-state index in [2.05, 4.69) is 72.2 Å². The van der Waals surface area contributed by atoms with E-state index < -0.39 is 0 Å². The summed E-state index contributed by atoms with van der Waals surface area (Å²) in [4.78, 5) is 2.47. The molecule has 2 nitrogen and oxygen atoms in total. The summed E-state index contributed by atoms with van der Waals surface area (Å²) in [6.07, 6.45) is 17.1. The maximum atomic E-state index is 2.47. The molecule has 0 atom stereocenters. The summed E-state index contributed by atoms with van der Waals surface area (Å²) in [6.45, 7) is 3.25. The molecule has 3 heteroatoms. The maximum absolute atomic E-state index is 2.47. The van der Waals surface area contributed by atoms with Crippen LogP contribution in [0, 0.1) is 12.8 Å². The van der Waals surface area contributed by atoms with E-state index in [1.807, 2.05) is 0 Å². The van der Waals surface area contributed by atoms with E-state index >= 15 is 0 Å². The van der Waals surface area contributed by atoms with E-state index in [0.717, 1.165) is 12.5 Å². The van der Waals surface area contributed by atoms with E-state index in [0.29, 0.717) is 0 Å². The molecular formula is C24H35IN2. The van der Waals surface area contributed by atoms with Crippen LogP contribution in [-0.2, 0) is 7.05 Å². The van der Waals surface area contributed by atoms with Gasteiger partial charge in [0.25, 0.3) is 0 Å². The van der Waals surface area contributed by atoms with Gasteiger partial charge in [0, 0.05) is 18.3 Å². The lowest BCUT2D eigenvalue weighted by atomic mass is 9.85. The number of pyridine rings is 1. The molecule has 1 aliphatic carbocycles. The molecule has 0 saturated heterocycles. The zero-order valence-electron chi connectivity index (χ0n) is 17.0. The Morgan fingerprint density at radius 3 is 2.37 bits per heavy atom. The topological polar surface area (TPSA) is 7.12 Å². The summed E-state index contributed by atoms with van der Waals surface area (Å²) in [5.41, 5.74) is 3.90. The molecule has 1 fully saturated rings. The van der Waals surface area contributed by atoms with Crippen molar-refractivity contribution in [2.75, 3.05) is 11.4 Å². The number of hydrogen-bond donors (Lipinski definition) is 0. The summed E-state index contributed by atoms with van der Waals surface area (Å²) in [5.74, 6) is 1.02. The third kappa shape index (κ3) is 7.10. The highest BCUT2D eigenvalue weighted by Crippen LogP contribution is 2.29. The number of anilines is 2. The minimum absolute atomic E-state index is 0. The molecule has 148 valence electrons. The summed E-state index contributed by atoms with van der Waals surface area (Å²) in [5, 5.41) is 0. The number of benzene rings is 1. The van der Waals surface area contributed by atoms with E-state index in [1.165, 1.54) is 74.7 Å². The average Bonchev–Trinajstić information content (AvgIpc) is 2.66. The molecule has 0 bridgehead atoms. The highest BCUT2D eigenvalue weighted by atomic mass is 127. The molecule has 1 saturated carbocycles. The Morgan fingerprint density at radius 2 is 1.67 bits per heavy atom. The van der Waals surface area contributed by atoms with Crippen molar-refractivity contribution in [3.05, 3.63) is 54.4 Å². The van der Waals surface area contributed by atoms with Crippen LogP contribution in [0.15, 0.2) is 48.8 Å². The van der Waals surface area contributed by atoms with Crippen molar-refractivity contribution in [1.82, 2.24) is 0 Å². The number of rotatable bonds is 8. The van der Waals surface area contributed by atoms with Crippen LogP contribution >= 0.6 is 0 Å². The number of halogens is 1. The van der Waals surface area contributed by atoms with Crippen molar-refractivity contribution in [3.8, 4) is 0 Å². The van der Waals surface area contributed by atoms with Gasteiger partial charge < -0.3 is 28.9 Å². The lowest BCUT2D eigenvalue weighted by Gasteiger charge is -2.24. The highest BCUT2D eigenvalue weighted by molar-refractivity contribution is 5.61. The van der Waals surface area contributed by atoms with Gasteiger partial charge in [-0.2, -0.15) is 0 Å². The SMILES string of the molecule is Cc1ccc(N(CCCCCC2CCCCC2)c2ccc[n+](C)c2)cc1.[I-]. The predicted molar refractivity (Wildman–Crippen MR) is 111 cm³/mol. The fourth-order valence-corrected chi connectivity index (χ4v) is 4.22. The van der Waals surface area contributed by atoms with Gasteiger partial charge in [0.1, 0.15) is 12.7 Å². The van der Waals surface area contributed by atoms with Crippen LogP contribution in [0.2, 0.25) is 0 Å². The number of unbranched alkanes of at least 4 members (excludes halogenated alkanes) is 2. The Morgan fingerprint density at radius 1 is 0.926 bits per heavy atom. The first-order chi connectivity index (χ1) is 12.7. The van der Waals surface area contributed by atoms with Crippen LogP contribution in [0.4, 0.5) is 11.4 Å². The first-order valence-corrected chi connectivity index (χ1v) is 10.5. The zero-order valence-corrected chi connectivity index (χ0v) is 19.2. The molecular weight excluding hydrogens is 443 g/mol. The van der Waals surface area contributed by atoms with Gasteiger partial charge >= 0.3 is 0 Å². The maximum Gasteiger partial charge on any atom is 0.192 e. The first-order valence-electron chi connectivity index (χ1n) is 10.5. The molecule has 0 N–H and O–H groups in total. The van der Waals surface area contributed by atoms with Crippen LogP contribution in [0.3, 0.4) is 0 Å². The molecule has 1 aliphatic rings. The van der Waals surface area contributed by atoms with Gasteiger partial charge in [0.2, 0.25) is 0 Å². The van der Waals surface area contributed by atoms with Crippen LogP contribution in [0.1, 0.15) is 63.4 Å². The second-order valence-corrected chi connectivity index (χ2v) is 8.07. The second kappa shape index (κ2) is 11.7. The van der Waals surface area contributed by atoms with E-state index in [-0.39, 0.29) is 24.0 Å². The molecule has 0 aliphatic heterocycles. The fourth-order valence-electron chi connectivity index (χ4n) is 4.22. The van der Waals surface area contributed by atoms with Crippen LogP contribution in [0.25, 0.3) is 0 Å². The second-order valence-electron chi connectivity index (χ2n) is 8.07. The summed E-state index contributed by atoms with van der Waals surface area (Å²) in [6, 6.07) is 13.3. The molecule has 1 aromatic heterocycles. The van der Waals surface area contributed by atoms with Crippen molar-refractivity contribution in [2.24, 2.45) is 13.0 Å². The first kappa shape index (κ1) is 22.2. The van der Waals surface area contributed by atoms with Crippen molar-refractivity contribution >= 4 is 11.4 Å². The third-order valence-electron chi connectivity index (χ3n) is 5.80. The Hall–Kier alpha value is -1.10. The Bertz CT molecular complexity index is 662. The zero-order chi connectivity index (χ0) is 18.2. The highest BCUT2D eigenvalue weighted by Gasteiger charge is 2.14. The molecule has 0 spiro atoms. The number of aryl methyl sites for hydroxylation is 2. The molecule has 0 radical (unpaired) electrons. The molecule has 3 rings (SSSR count). The monoisotopic (exact) mass is 478 g/mol.